The van der Waals surface area contributed by atoms with Crippen LogP contribution in [0.3, 0.4) is 0 Å². The minimum Gasteiger partial charge on any atom is -0.390 e. The van der Waals surface area contributed by atoms with Crippen LogP contribution in [0.1, 0.15) is 72.6 Å². The Morgan fingerprint density at radius 1 is 1.35 bits per heavy atom. The third-order valence-corrected chi connectivity index (χ3v) is 7.11. The Morgan fingerprint density at radius 2 is 2.04 bits per heavy atom. The molecule has 23 heavy (non-hydrogen) atoms. The van der Waals surface area contributed by atoms with Crippen LogP contribution < -0.4 is 0 Å². The zero-order valence-corrected chi connectivity index (χ0v) is 15.3. The van der Waals surface area contributed by atoms with Gasteiger partial charge in [-0.25, -0.2) is 0 Å². The molecule has 6 unspecified atom stereocenters. The molecule has 2 saturated carbocycles. The highest BCUT2D eigenvalue weighted by Crippen LogP contribution is 2.61. The number of epoxide rings is 1. The van der Waals surface area contributed by atoms with Crippen LogP contribution in [-0.2, 0) is 4.74 Å². The molecule has 6 atom stereocenters. The first-order chi connectivity index (χ1) is 10.6. The summed E-state index contributed by atoms with van der Waals surface area (Å²) < 4.78 is 5.93. The second kappa shape index (κ2) is 5.57. The summed E-state index contributed by atoms with van der Waals surface area (Å²) in [5, 5.41) is 20.1. The van der Waals surface area contributed by atoms with Gasteiger partial charge in [-0.2, -0.15) is 0 Å². The lowest BCUT2D eigenvalue weighted by Gasteiger charge is -2.55. The van der Waals surface area contributed by atoms with Crippen molar-refractivity contribution < 1.29 is 14.9 Å². The molecule has 0 spiro atoms. The Kier molecular flexibility index (Phi) is 4.23. The van der Waals surface area contributed by atoms with E-state index in [-0.39, 0.29) is 11.0 Å². The minimum absolute atomic E-state index is 0.109. The lowest BCUT2D eigenvalue weighted by Crippen LogP contribution is -2.48. The van der Waals surface area contributed by atoms with E-state index in [2.05, 4.69) is 20.4 Å². The van der Waals surface area contributed by atoms with Gasteiger partial charge < -0.3 is 14.9 Å². The number of ether oxygens (including phenoxy) is 1. The molecular formula is C20H34O3. The monoisotopic (exact) mass is 322 g/mol. The van der Waals surface area contributed by atoms with Crippen molar-refractivity contribution in [2.75, 3.05) is 0 Å². The van der Waals surface area contributed by atoms with Gasteiger partial charge in [0.2, 0.25) is 0 Å². The first kappa shape index (κ1) is 17.4. The number of hydrogen-bond donors (Lipinski definition) is 2. The molecular weight excluding hydrogens is 288 g/mol. The van der Waals surface area contributed by atoms with Crippen molar-refractivity contribution in [2.45, 2.75) is 96.1 Å². The van der Waals surface area contributed by atoms with E-state index in [1.165, 1.54) is 18.4 Å². The van der Waals surface area contributed by atoms with Gasteiger partial charge in [0.05, 0.1) is 23.4 Å². The van der Waals surface area contributed by atoms with Gasteiger partial charge in [0.15, 0.2) is 0 Å². The highest BCUT2D eigenvalue weighted by atomic mass is 16.6. The predicted octanol–water partition coefficient (Wildman–Crippen LogP) is 3.83. The number of hydrogen-bond acceptors (Lipinski definition) is 3. The van der Waals surface area contributed by atoms with Crippen LogP contribution in [0.25, 0.3) is 0 Å². The molecule has 1 saturated heterocycles. The minimum atomic E-state index is -1.01. The maximum absolute atomic E-state index is 10.2. The quantitative estimate of drug-likeness (QED) is 0.611. The van der Waals surface area contributed by atoms with Crippen LogP contribution >= 0.6 is 0 Å². The van der Waals surface area contributed by atoms with Crippen LogP contribution in [0.5, 0.6) is 0 Å². The molecule has 0 amide bonds. The van der Waals surface area contributed by atoms with Gasteiger partial charge in [-0.1, -0.05) is 19.1 Å². The summed E-state index contributed by atoms with van der Waals surface area (Å²) >= 11 is 0. The largest absolute Gasteiger partial charge is 0.390 e. The van der Waals surface area contributed by atoms with E-state index in [1.807, 2.05) is 0 Å². The third kappa shape index (κ3) is 3.25. The summed E-state index contributed by atoms with van der Waals surface area (Å²) in [6, 6.07) is 0. The van der Waals surface area contributed by atoms with Crippen LogP contribution in [-0.4, -0.2) is 33.6 Å². The zero-order valence-electron chi connectivity index (χ0n) is 15.3. The van der Waals surface area contributed by atoms with Crippen molar-refractivity contribution >= 4 is 0 Å². The fourth-order valence-corrected chi connectivity index (χ4v) is 5.03. The Hall–Kier alpha value is -0.380. The van der Waals surface area contributed by atoms with Gasteiger partial charge in [0, 0.05) is 0 Å². The third-order valence-electron chi connectivity index (χ3n) is 7.11. The van der Waals surface area contributed by atoms with E-state index >= 15 is 0 Å². The molecule has 0 bridgehead atoms. The standard InChI is InChI=1S/C20H34O3/c1-13-6-7-17-20(5,23-17)11-8-15-14(13)12-19(15,4)10-9-16(21)18(2,3)22/h14-17,21-22H,1,6-12H2,2-5H3. The molecule has 3 fully saturated rings. The number of fused-ring (bicyclic) bond motifs is 2. The van der Waals surface area contributed by atoms with E-state index in [4.69, 9.17) is 4.74 Å². The van der Waals surface area contributed by atoms with E-state index < -0.39 is 11.7 Å². The summed E-state index contributed by atoms with van der Waals surface area (Å²) in [6.45, 7) is 12.4. The van der Waals surface area contributed by atoms with Gasteiger partial charge in [-0.05, 0) is 83.0 Å². The smallest absolute Gasteiger partial charge is 0.0920 e. The normalized spacial score (nSPS) is 45.0. The summed E-state index contributed by atoms with van der Waals surface area (Å²) in [5.74, 6) is 1.31. The molecule has 3 rings (SSSR count). The van der Waals surface area contributed by atoms with Crippen LogP contribution in [0.4, 0.5) is 0 Å². The predicted molar refractivity (Wildman–Crippen MR) is 92.1 cm³/mol. The number of allylic oxidation sites excluding steroid dienone is 1. The SMILES string of the molecule is C=C1CCC2OC2(C)CCC2C1CC2(C)CCC(O)C(C)(C)O. The molecule has 0 radical (unpaired) electrons. The zero-order chi connectivity index (χ0) is 17.0. The number of aliphatic hydroxyl groups excluding tert-OH is 1. The van der Waals surface area contributed by atoms with Gasteiger partial charge in [0.1, 0.15) is 0 Å². The molecule has 0 aromatic rings. The van der Waals surface area contributed by atoms with E-state index in [1.54, 1.807) is 13.8 Å². The van der Waals surface area contributed by atoms with Gasteiger partial charge in [0.25, 0.3) is 0 Å². The highest BCUT2D eigenvalue weighted by molar-refractivity contribution is 5.17. The topological polar surface area (TPSA) is 53.0 Å². The Morgan fingerprint density at radius 3 is 2.70 bits per heavy atom. The fraction of sp³-hybridized carbons (Fsp3) is 0.900. The average Bonchev–Trinajstić information content (AvgIpc) is 3.08. The number of rotatable bonds is 4. The maximum Gasteiger partial charge on any atom is 0.0920 e. The van der Waals surface area contributed by atoms with Gasteiger partial charge in [-0.3, -0.25) is 0 Å². The summed E-state index contributed by atoms with van der Waals surface area (Å²) in [4.78, 5) is 0. The molecule has 0 aromatic heterocycles. The summed E-state index contributed by atoms with van der Waals surface area (Å²) in [6.07, 6.45) is 7.22. The lowest BCUT2D eigenvalue weighted by atomic mass is 9.49. The first-order valence-corrected chi connectivity index (χ1v) is 9.31. The van der Waals surface area contributed by atoms with Crippen molar-refractivity contribution in [3.05, 3.63) is 12.2 Å². The molecule has 2 N–H and O–H groups in total. The molecule has 132 valence electrons. The molecule has 1 aliphatic heterocycles. The van der Waals surface area contributed by atoms with Crippen molar-refractivity contribution in [3.63, 3.8) is 0 Å². The van der Waals surface area contributed by atoms with E-state index in [0.29, 0.717) is 24.4 Å². The number of aliphatic hydroxyl groups is 2. The second-order valence-corrected chi connectivity index (χ2v) is 9.43. The van der Waals surface area contributed by atoms with E-state index in [9.17, 15) is 10.2 Å². The van der Waals surface area contributed by atoms with Crippen molar-refractivity contribution in [1.82, 2.24) is 0 Å². The van der Waals surface area contributed by atoms with Crippen LogP contribution in [0.2, 0.25) is 0 Å². The van der Waals surface area contributed by atoms with E-state index in [0.717, 1.165) is 25.7 Å². The summed E-state index contributed by atoms with van der Waals surface area (Å²) in [7, 11) is 0. The summed E-state index contributed by atoms with van der Waals surface area (Å²) in [5.41, 5.74) is 0.781. The van der Waals surface area contributed by atoms with Crippen LogP contribution in [0.15, 0.2) is 12.2 Å². The molecule has 2 aliphatic carbocycles. The Bertz CT molecular complexity index is 480. The highest BCUT2D eigenvalue weighted by Gasteiger charge is 2.57. The Balaban J connectivity index is 1.64. The van der Waals surface area contributed by atoms with Gasteiger partial charge in [-0.15, -0.1) is 0 Å². The van der Waals surface area contributed by atoms with Gasteiger partial charge >= 0.3 is 0 Å². The van der Waals surface area contributed by atoms with Crippen molar-refractivity contribution in [1.29, 1.82) is 0 Å². The fourth-order valence-electron chi connectivity index (χ4n) is 5.03. The van der Waals surface area contributed by atoms with Crippen molar-refractivity contribution in [3.8, 4) is 0 Å². The first-order valence-electron chi connectivity index (χ1n) is 9.31. The molecule has 0 aromatic carbocycles. The Labute approximate surface area is 141 Å². The maximum atomic E-state index is 10.2. The molecule has 3 heteroatoms. The van der Waals surface area contributed by atoms with Crippen molar-refractivity contribution in [2.24, 2.45) is 17.3 Å². The molecule has 3 nitrogen and oxygen atoms in total. The molecule has 3 aliphatic rings. The second-order valence-electron chi connectivity index (χ2n) is 9.43. The van der Waals surface area contributed by atoms with Crippen LogP contribution in [0, 0.1) is 17.3 Å². The molecule has 1 heterocycles. The lowest BCUT2D eigenvalue weighted by molar-refractivity contribution is -0.0771. The average molecular weight is 322 g/mol.